The number of nitrogens with one attached hydrogen (secondary N) is 1. The Hall–Kier alpha value is -2.04. The number of carboxylic acids is 1. The molecule has 0 spiro atoms. The molecule has 0 radical (unpaired) electrons. The molecule has 102 valence electrons. The fourth-order valence-electron chi connectivity index (χ4n) is 2.07. The van der Waals surface area contributed by atoms with Crippen molar-refractivity contribution in [3.05, 3.63) is 30.3 Å². The molecule has 1 atom stereocenters. The third kappa shape index (κ3) is 3.24. The highest BCUT2D eigenvalue weighted by Gasteiger charge is 2.38. The van der Waals surface area contributed by atoms with E-state index in [4.69, 9.17) is 5.11 Å². The van der Waals surface area contributed by atoms with Crippen LogP contribution < -0.4 is 10.2 Å². The highest BCUT2D eigenvalue weighted by molar-refractivity contribution is 5.94. The molecule has 1 unspecified atom stereocenters. The lowest BCUT2D eigenvalue weighted by Gasteiger charge is -2.24. The van der Waals surface area contributed by atoms with Crippen molar-refractivity contribution in [2.75, 3.05) is 11.4 Å². The summed E-state index contributed by atoms with van der Waals surface area (Å²) in [6, 6.07) is 8.10. The fourth-order valence-corrected chi connectivity index (χ4v) is 2.07. The predicted octanol–water partition coefficient (Wildman–Crippen LogP) is 2.09. The molecule has 1 aromatic rings. The zero-order chi connectivity index (χ0) is 13.8. The van der Waals surface area contributed by atoms with Gasteiger partial charge < -0.3 is 10.4 Å². The second-order valence-electron chi connectivity index (χ2n) is 4.68. The van der Waals surface area contributed by atoms with E-state index < -0.39 is 12.0 Å². The first-order chi connectivity index (χ1) is 9.13. The Morgan fingerprint density at radius 2 is 2.00 bits per heavy atom. The van der Waals surface area contributed by atoms with E-state index in [9.17, 15) is 9.59 Å². The number of amides is 2. The zero-order valence-corrected chi connectivity index (χ0v) is 10.9. The van der Waals surface area contributed by atoms with Crippen molar-refractivity contribution >= 4 is 17.7 Å². The first-order valence-electron chi connectivity index (χ1n) is 6.49. The molecule has 0 aromatic heterocycles. The molecule has 0 bridgehead atoms. The minimum atomic E-state index is -0.958. The van der Waals surface area contributed by atoms with E-state index in [1.165, 1.54) is 4.90 Å². The van der Waals surface area contributed by atoms with Crippen molar-refractivity contribution in [3.63, 3.8) is 0 Å². The average Bonchev–Trinajstić information content (AvgIpc) is 3.22. The van der Waals surface area contributed by atoms with Gasteiger partial charge in [-0.25, -0.2) is 9.59 Å². The van der Waals surface area contributed by atoms with Crippen molar-refractivity contribution in [2.24, 2.45) is 5.92 Å². The molecule has 2 N–H and O–H groups in total. The largest absolute Gasteiger partial charge is 0.480 e. The number of hydrogen-bond acceptors (Lipinski definition) is 2. The van der Waals surface area contributed by atoms with Crippen LogP contribution in [0.4, 0.5) is 10.5 Å². The van der Waals surface area contributed by atoms with Crippen LogP contribution in [0.3, 0.4) is 0 Å². The molecule has 0 aliphatic heterocycles. The average molecular weight is 262 g/mol. The minimum absolute atomic E-state index is 0.0796. The van der Waals surface area contributed by atoms with E-state index in [1.807, 2.05) is 37.3 Å². The van der Waals surface area contributed by atoms with Crippen molar-refractivity contribution < 1.29 is 14.7 Å². The molecule has 1 aromatic carbocycles. The summed E-state index contributed by atoms with van der Waals surface area (Å²) in [5, 5.41) is 11.7. The van der Waals surface area contributed by atoms with Gasteiger partial charge in [-0.1, -0.05) is 18.2 Å². The number of benzene rings is 1. The maximum absolute atomic E-state index is 12.2. The first-order valence-corrected chi connectivity index (χ1v) is 6.49. The summed E-state index contributed by atoms with van der Waals surface area (Å²) in [5.41, 5.74) is 0.766. The van der Waals surface area contributed by atoms with Gasteiger partial charge in [0.2, 0.25) is 0 Å². The first kappa shape index (κ1) is 13.4. The molecule has 1 fully saturated rings. The van der Waals surface area contributed by atoms with Crippen molar-refractivity contribution in [3.8, 4) is 0 Å². The van der Waals surface area contributed by atoms with Crippen LogP contribution in [-0.2, 0) is 4.79 Å². The number of carbonyl (C=O) groups is 2. The van der Waals surface area contributed by atoms with Crippen LogP contribution in [0.1, 0.15) is 19.8 Å². The van der Waals surface area contributed by atoms with E-state index in [0.717, 1.165) is 18.5 Å². The standard InChI is InChI=1S/C14H18N2O3/c1-2-16(11-6-4-3-5-7-11)14(19)15-12(13(17)18)10-8-9-10/h3-7,10,12H,2,8-9H2,1H3,(H,15,19)(H,17,18). The molecular weight excluding hydrogens is 244 g/mol. The summed E-state index contributed by atoms with van der Waals surface area (Å²) in [4.78, 5) is 24.8. The normalized spacial score (nSPS) is 15.6. The third-order valence-corrected chi connectivity index (χ3v) is 3.27. The summed E-state index contributed by atoms with van der Waals surface area (Å²) in [6.45, 7) is 2.35. The van der Waals surface area contributed by atoms with Gasteiger partial charge in [-0.2, -0.15) is 0 Å². The number of anilines is 1. The van der Waals surface area contributed by atoms with Crippen LogP contribution >= 0.6 is 0 Å². The molecule has 5 nitrogen and oxygen atoms in total. The zero-order valence-electron chi connectivity index (χ0n) is 10.9. The Kier molecular flexibility index (Phi) is 4.04. The van der Waals surface area contributed by atoms with Crippen LogP contribution in [0.2, 0.25) is 0 Å². The number of nitrogens with zero attached hydrogens (tertiary/aromatic N) is 1. The minimum Gasteiger partial charge on any atom is -0.480 e. The lowest BCUT2D eigenvalue weighted by molar-refractivity contribution is -0.139. The van der Waals surface area contributed by atoms with Gasteiger partial charge in [-0.15, -0.1) is 0 Å². The van der Waals surface area contributed by atoms with Gasteiger partial charge in [0, 0.05) is 12.2 Å². The second-order valence-corrected chi connectivity index (χ2v) is 4.68. The number of rotatable bonds is 5. The van der Waals surface area contributed by atoms with E-state index in [-0.39, 0.29) is 11.9 Å². The molecule has 1 saturated carbocycles. The quantitative estimate of drug-likeness (QED) is 0.853. The molecular formula is C14H18N2O3. The van der Waals surface area contributed by atoms with Gasteiger partial charge in [0.1, 0.15) is 6.04 Å². The Morgan fingerprint density at radius 3 is 2.47 bits per heavy atom. The van der Waals surface area contributed by atoms with Crippen LogP contribution in [0.25, 0.3) is 0 Å². The van der Waals surface area contributed by atoms with E-state index in [2.05, 4.69) is 5.32 Å². The van der Waals surface area contributed by atoms with Gasteiger partial charge >= 0.3 is 12.0 Å². The highest BCUT2D eigenvalue weighted by Crippen LogP contribution is 2.32. The Labute approximate surface area is 112 Å². The molecule has 2 rings (SSSR count). The summed E-state index contributed by atoms with van der Waals surface area (Å²) in [5.74, 6) is -0.879. The monoisotopic (exact) mass is 262 g/mol. The van der Waals surface area contributed by atoms with Gasteiger partial charge in [-0.05, 0) is 37.8 Å². The highest BCUT2D eigenvalue weighted by atomic mass is 16.4. The van der Waals surface area contributed by atoms with Crippen molar-refractivity contribution in [1.29, 1.82) is 0 Å². The van der Waals surface area contributed by atoms with Gasteiger partial charge in [0.15, 0.2) is 0 Å². The topological polar surface area (TPSA) is 69.6 Å². The predicted molar refractivity (Wildman–Crippen MR) is 72.1 cm³/mol. The van der Waals surface area contributed by atoms with Crippen LogP contribution in [0.5, 0.6) is 0 Å². The number of hydrogen-bond donors (Lipinski definition) is 2. The SMILES string of the molecule is CCN(C(=O)NC(C(=O)O)C1CC1)c1ccccc1. The maximum Gasteiger partial charge on any atom is 0.326 e. The number of carbonyl (C=O) groups excluding carboxylic acids is 1. The molecule has 0 saturated heterocycles. The molecule has 19 heavy (non-hydrogen) atoms. The fraction of sp³-hybridized carbons (Fsp3) is 0.429. The summed E-state index contributed by atoms with van der Waals surface area (Å²) >= 11 is 0. The van der Waals surface area contributed by atoms with Crippen LogP contribution in [0, 0.1) is 5.92 Å². The number of aliphatic carboxylic acids is 1. The van der Waals surface area contributed by atoms with Gasteiger partial charge in [0.05, 0.1) is 0 Å². The summed E-state index contributed by atoms with van der Waals surface area (Å²) < 4.78 is 0. The number of para-hydroxylation sites is 1. The van der Waals surface area contributed by atoms with E-state index in [1.54, 1.807) is 0 Å². The molecule has 0 heterocycles. The third-order valence-electron chi connectivity index (χ3n) is 3.27. The lowest BCUT2D eigenvalue weighted by atomic mass is 10.2. The Morgan fingerprint density at radius 1 is 1.37 bits per heavy atom. The van der Waals surface area contributed by atoms with Crippen molar-refractivity contribution in [2.45, 2.75) is 25.8 Å². The maximum atomic E-state index is 12.2. The second kappa shape index (κ2) is 5.73. The van der Waals surface area contributed by atoms with Crippen molar-refractivity contribution in [1.82, 2.24) is 5.32 Å². The molecule has 1 aliphatic rings. The molecule has 2 amide bonds. The lowest BCUT2D eigenvalue weighted by Crippen LogP contribution is -2.49. The summed E-state index contributed by atoms with van der Waals surface area (Å²) in [7, 11) is 0. The number of carboxylic acid groups (broad SMARTS) is 1. The van der Waals surface area contributed by atoms with Gasteiger partial charge in [0.25, 0.3) is 0 Å². The van der Waals surface area contributed by atoms with Crippen LogP contribution in [-0.4, -0.2) is 29.7 Å². The Balaban J connectivity index is 2.06. The van der Waals surface area contributed by atoms with Crippen LogP contribution in [0.15, 0.2) is 30.3 Å². The van der Waals surface area contributed by atoms with Gasteiger partial charge in [-0.3, -0.25) is 4.90 Å². The smallest absolute Gasteiger partial charge is 0.326 e. The Bertz CT molecular complexity index is 457. The molecule has 1 aliphatic carbocycles. The van der Waals surface area contributed by atoms with E-state index in [0.29, 0.717) is 6.54 Å². The van der Waals surface area contributed by atoms with E-state index >= 15 is 0 Å². The number of urea groups is 1. The summed E-state index contributed by atoms with van der Waals surface area (Å²) in [6.07, 6.45) is 1.74. The molecule has 5 heteroatoms.